The molecule has 0 aliphatic carbocycles. The second-order valence-electron chi connectivity index (χ2n) is 6.57. The largest absolute Gasteiger partial charge is 0.306 e. The molecule has 3 rings (SSSR count). The van der Waals surface area contributed by atoms with Gasteiger partial charge in [0.1, 0.15) is 0 Å². The first-order chi connectivity index (χ1) is 12.5. The molecule has 1 aromatic heterocycles. The average Bonchev–Trinajstić information content (AvgIpc) is 2.89. The molecule has 3 aromatic rings. The van der Waals surface area contributed by atoms with Gasteiger partial charge in [-0.1, -0.05) is 59.6 Å². The van der Waals surface area contributed by atoms with Gasteiger partial charge in [0.25, 0.3) is 0 Å². The lowest BCUT2D eigenvalue weighted by atomic mass is 10.1. The van der Waals surface area contributed by atoms with Crippen LogP contribution in [0.5, 0.6) is 0 Å². The van der Waals surface area contributed by atoms with E-state index in [-0.39, 0.29) is 6.04 Å². The van der Waals surface area contributed by atoms with Crippen LogP contribution in [0.1, 0.15) is 41.0 Å². The summed E-state index contributed by atoms with van der Waals surface area (Å²) >= 11 is 12.1. The van der Waals surface area contributed by atoms with Gasteiger partial charge >= 0.3 is 0 Å². The maximum Gasteiger partial charge on any atom is 0.0662 e. The topological polar surface area (TPSA) is 29.9 Å². The normalized spacial score (nSPS) is 12.3. The summed E-state index contributed by atoms with van der Waals surface area (Å²) in [4.78, 5) is 0. The van der Waals surface area contributed by atoms with E-state index in [4.69, 9.17) is 28.3 Å². The zero-order valence-electron chi connectivity index (χ0n) is 15.3. The molecule has 0 bridgehead atoms. The second kappa shape index (κ2) is 8.26. The number of aromatic nitrogens is 2. The van der Waals surface area contributed by atoms with E-state index in [1.807, 2.05) is 24.3 Å². The van der Waals surface area contributed by atoms with Crippen LogP contribution in [0.25, 0.3) is 0 Å². The predicted molar refractivity (Wildman–Crippen MR) is 109 cm³/mol. The molecule has 0 aliphatic rings. The van der Waals surface area contributed by atoms with Gasteiger partial charge in [-0.15, -0.1) is 0 Å². The second-order valence-corrected chi connectivity index (χ2v) is 7.38. The summed E-state index contributed by atoms with van der Waals surface area (Å²) in [6, 6.07) is 16.3. The number of nitrogens with one attached hydrogen (secondary N) is 1. The molecular formula is C21H23Cl2N3. The lowest BCUT2D eigenvalue weighted by Gasteiger charge is -2.15. The smallest absolute Gasteiger partial charge is 0.0662 e. The Labute approximate surface area is 164 Å². The SMILES string of the molecule is Cc1nn(Cc2ccccc2)c(C)c1CN[C@@H](C)c1ccc(Cl)c(Cl)c1. The number of hydrogen-bond acceptors (Lipinski definition) is 2. The summed E-state index contributed by atoms with van der Waals surface area (Å²) < 4.78 is 2.07. The van der Waals surface area contributed by atoms with E-state index >= 15 is 0 Å². The number of hydrogen-bond donors (Lipinski definition) is 1. The lowest BCUT2D eigenvalue weighted by Crippen LogP contribution is -2.19. The highest BCUT2D eigenvalue weighted by atomic mass is 35.5. The number of rotatable bonds is 6. The van der Waals surface area contributed by atoms with Gasteiger partial charge in [-0.3, -0.25) is 4.68 Å². The zero-order chi connectivity index (χ0) is 18.7. The number of aryl methyl sites for hydroxylation is 1. The minimum Gasteiger partial charge on any atom is -0.306 e. The highest BCUT2D eigenvalue weighted by Crippen LogP contribution is 2.26. The molecule has 3 nitrogen and oxygen atoms in total. The Bertz CT molecular complexity index is 888. The van der Waals surface area contributed by atoms with Gasteiger partial charge in [0.15, 0.2) is 0 Å². The molecule has 1 atom stereocenters. The van der Waals surface area contributed by atoms with E-state index in [9.17, 15) is 0 Å². The standard InChI is InChI=1S/C21H23Cl2N3/c1-14(18-9-10-20(22)21(23)11-18)24-12-19-15(2)25-26(16(19)3)13-17-7-5-4-6-8-17/h4-11,14,24H,12-13H2,1-3H3/t14-/m0/s1. The third-order valence-electron chi connectivity index (χ3n) is 4.74. The van der Waals surface area contributed by atoms with Crippen LogP contribution in [-0.2, 0) is 13.1 Å². The van der Waals surface area contributed by atoms with E-state index in [0.717, 1.165) is 24.3 Å². The van der Waals surface area contributed by atoms with E-state index < -0.39 is 0 Å². The van der Waals surface area contributed by atoms with Gasteiger partial charge in [0.05, 0.1) is 22.3 Å². The molecule has 26 heavy (non-hydrogen) atoms. The van der Waals surface area contributed by atoms with Gasteiger partial charge in [-0.05, 0) is 44.0 Å². The first-order valence-electron chi connectivity index (χ1n) is 8.71. The fraction of sp³-hybridized carbons (Fsp3) is 0.286. The van der Waals surface area contributed by atoms with Crippen molar-refractivity contribution in [3.8, 4) is 0 Å². The van der Waals surface area contributed by atoms with Crippen molar-refractivity contribution in [3.63, 3.8) is 0 Å². The fourth-order valence-electron chi connectivity index (χ4n) is 3.05. The maximum atomic E-state index is 6.13. The van der Waals surface area contributed by atoms with Crippen molar-refractivity contribution in [2.45, 2.75) is 39.9 Å². The van der Waals surface area contributed by atoms with E-state index in [1.165, 1.54) is 16.8 Å². The highest BCUT2D eigenvalue weighted by molar-refractivity contribution is 6.42. The van der Waals surface area contributed by atoms with Gasteiger partial charge in [-0.2, -0.15) is 5.10 Å². The molecule has 1 heterocycles. The van der Waals surface area contributed by atoms with Crippen LogP contribution in [0, 0.1) is 13.8 Å². The summed E-state index contributed by atoms with van der Waals surface area (Å²) in [5.74, 6) is 0. The van der Waals surface area contributed by atoms with Crippen molar-refractivity contribution in [1.29, 1.82) is 0 Å². The molecule has 2 aromatic carbocycles. The Kier molecular flexibility index (Phi) is 6.02. The third-order valence-corrected chi connectivity index (χ3v) is 5.47. The van der Waals surface area contributed by atoms with Crippen molar-refractivity contribution < 1.29 is 0 Å². The van der Waals surface area contributed by atoms with E-state index in [1.54, 1.807) is 0 Å². The summed E-state index contributed by atoms with van der Waals surface area (Å²) in [6.07, 6.45) is 0. The number of halogens is 2. The fourth-order valence-corrected chi connectivity index (χ4v) is 3.36. The third kappa shape index (κ3) is 4.29. The van der Waals surface area contributed by atoms with Crippen LogP contribution in [-0.4, -0.2) is 9.78 Å². The van der Waals surface area contributed by atoms with Crippen LogP contribution in [0.2, 0.25) is 10.0 Å². The summed E-state index contributed by atoms with van der Waals surface area (Å²) in [5, 5.41) is 9.45. The summed E-state index contributed by atoms with van der Waals surface area (Å²) in [6.45, 7) is 7.86. The Hall–Kier alpha value is -1.81. The first kappa shape index (κ1) is 19.0. The monoisotopic (exact) mass is 387 g/mol. The van der Waals surface area contributed by atoms with Crippen molar-refractivity contribution in [1.82, 2.24) is 15.1 Å². The summed E-state index contributed by atoms with van der Waals surface area (Å²) in [7, 11) is 0. The molecule has 0 unspecified atom stereocenters. The number of nitrogens with zero attached hydrogens (tertiary/aromatic N) is 2. The van der Waals surface area contributed by atoms with Crippen LogP contribution < -0.4 is 5.32 Å². The maximum absolute atomic E-state index is 6.13. The molecule has 0 amide bonds. The minimum atomic E-state index is 0.168. The molecule has 1 N–H and O–H groups in total. The van der Waals surface area contributed by atoms with Crippen LogP contribution >= 0.6 is 23.2 Å². The van der Waals surface area contributed by atoms with E-state index in [2.05, 4.69) is 55.0 Å². The van der Waals surface area contributed by atoms with E-state index in [0.29, 0.717) is 10.0 Å². The van der Waals surface area contributed by atoms with Gasteiger partial charge < -0.3 is 5.32 Å². The highest BCUT2D eigenvalue weighted by Gasteiger charge is 2.14. The van der Waals surface area contributed by atoms with Gasteiger partial charge in [0, 0.05) is 23.8 Å². The zero-order valence-corrected chi connectivity index (χ0v) is 16.8. The lowest BCUT2D eigenvalue weighted by molar-refractivity contribution is 0.571. The molecule has 0 aliphatic heterocycles. The molecule has 0 saturated heterocycles. The van der Waals surface area contributed by atoms with Crippen molar-refractivity contribution in [3.05, 3.63) is 86.7 Å². The molecule has 5 heteroatoms. The predicted octanol–water partition coefficient (Wildman–Crippen LogP) is 5.71. The Balaban J connectivity index is 1.70. The number of benzene rings is 2. The first-order valence-corrected chi connectivity index (χ1v) is 9.46. The van der Waals surface area contributed by atoms with Crippen molar-refractivity contribution >= 4 is 23.2 Å². The molecule has 0 saturated carbocycles. The quantitative estimate of drug-likeness (QED) is 0.587. The minimum absolute atomic E-state index is 0.168. The average molecular weight is 388 g/mol. The summed E-state index contributed by atoms with van der Waals surface area (Å²) in [5.41, 5.74) is 5.87. The van der Waals surface area contributed by atoms with Crippen molar-refractivity contribution in [2.24, 2.45) is 0 Å². The van der Waals surface area contributed by atoms with Crippen LogP contribution in [0.3, 0.4) is 0 Å². The Morgan fingerprint density at radius 3 is 2.46 bits per heavy atom. The van der Waals surface area contributed by atoms with Crippen LogP contribution in [0.15, 0.2) is 48.5 Å². The van der Waals surface area contributed by atoms with Crippen LogP contribution in [0.4, 0.5) is 0 Å². The molecular weight excluding hydrogens is 365 g/mol. The molecule has 0 radical (unpaired) electrons. The molecule has 0 spiro atoms. The molecule has 0 fully saturated rings. The Morgan fingerprint density at radius 1 is 1.04 bits per heavy atom. The Morgan fingerprint density at radius 2 is 1.77 bits per heavy atom. The van der Waals surface area contributed by atoms with Crippen molar-refractivity contribution in [2.75, 3.05) is 0 Å². The van der Waals surface area contributed by atoms with Gasteiger partial charge in [-0.25, -0.2) is 0 Å². The molecule has 136 valence electrons. The van der Waals surface area contributed by atoms with Gasteiger partial charge in [0.2, 0.25) is 0 Å².